The van der Waals surface area contributed by atoms with Gasteiger partial charge >= 0.3 is 0 Å². The van der Waals surface area contributed by atoms with Gasteiger partial charge in [0.1, 0.15) is 16.2 Å². The second kappa shape index (κ2) is 6.20. The van der Waals surface area contributed by atoms with Gasteiger partial charge in [-0.05, 0) is 42.5 Å². The van der Waals surface area contributed by atoms with E-state index in [1.165, 1.54) is 24.3 Å². The van der Waals surface area contributed by atoms with Gasteiger partial charge in [0, 0.05) is 16.0 Å². The van der Waals surface area contributed by atoms with Gasteiger partial charge in [-0.3, -0.25) is 0 Å². The Kier molecular flexibility index (Phi) is 3.98. The highest BCUT2D eigenvalue weighted by atomic mass is 35.5. The van der Waals surface area contributed by atoms with Crippen LogP contribution in [0.15, 0.2) is 87.0 Å². The van der Waals surface area contributed by atoms with Crippen LogP contribution >= 0.6 is 11.6 Å². The van der Waals surface area contributed by atoms with E-state index in [-0.39, 0.29) is 21.3 Å². The van der Waals surface area contributed by atoms with E-state index < -0.39 is 9.84 Å². The fourth-order valence-corrected chi connectivity index (χ4v) is 4.59. The molecular formula is C20H13ClO4S. The standard InChI is InChI=1S/C20H13ClO4S/c21-14-6-11-18-17(12-14)20(19(25-18)13-4-2-1-3-5-13)26(23,24)16-9-7-15(22)8-10-16/h1-12,22H. The van der Waals surface area contributed by atoms with E-state index in [4.69, 9.17) is 16.0 Å². The molecule has 0 saturated heterocycles. The summed E-state index contributed by atoms with van der Waals surface area (Å²) in [6.45, 7) is 0. The molecule has 1 heterocycles. The minimum absolute atomic E-state index is 0.00710. The number of phenols is 1. The largest absolute Gasteiger partial charge is 0.508 e. The lowest BCUT2D eigenvalue weighted by molar-refractivity contribution is 0.475. The van der Waals surface area contributed by atoms with E-state index in [1.807, 2.05) is 18.2 Å². The summed E-state index contributed by atoms with van der Waals surface area (Å²) in [6.07, 6.45) is 0. The quantitative estimate of drug-likeness (QED) is 0.521. The lowest BCUT2D eigenvalue weighted by Crippen LogP contribution is -2.02. The Morgan fingerprint density at radius 3 is 2.27 bits per heavy atom. The van der Waals surface area contributed by atoms with Gasteiger partial charge in [0.15, 0.2) is 5.76 Å². The smallest absolute Gasteiger partial charge is 0.211 e. The molecule has 26 heavy (non-hydrogen) atoms. The van der Waals surface area contributed by atoms with Crippen molar-refractivity contribution in [2.24, 2.45) is 0 Å². The number of sulfone groups is 1. The lowest BCUT2D eigenvalue weighted by Gasteiger charge is -2.06. The molecule has 0 radical (unpaired) electrons. The summed E-state index contributed by atoms with van der Waals surface area (Å²) in [6, 6.07) is 19.3. The summed E-state index contributed by atoms with van der Waals surface area (Å²) in [5.41, 5.74) is 1.09. The summed E-state index contributed by atoms with van der Waals surface area (Å²) >= 11 is 6.09. The van der Waals surface area contributed by atoms with Gasteiger partial charge in [-0.2, -0.15) is 0 Å². The Balaban J connectivity index is 2.07. The predicted molar refractivity (Wildman–Crippen MR) is 100 cm³/mol. The van der Waals surface area contributed by atoms with Crippen LogP contribution in [0.5, 0.6) is 5.75 Å². The number of benzene rings is 3. The second-order valence-electron chi connectivity index (χ2n) is 5.76. The van der Waals surface area contributed by atoms with Gasteiger partial charge < -0.3 is 9.52 Å². The van der Waals surface area contributed by atoms with Crippen LogP contribution in [-0.4, -0.2) is 13.5 Å². The fraction of sp³-hybridized carbons (Fsp3) is 0. The first-order valence-corrected chi connectivity index (χ1v) is 9.64. The van der Waals surface area contributed by atoms with Crippen molar-refractivity contribution in [3.05, 3.63) is 77.8 Å². The topological polar surface area (TPSA) is 67.5 Å². The lowest BCUT2D eigenvalue weighted by atomic mass is 10.1. The molecule has 1 aromatic heterocycles. The SMILES string of the molecule is O=S(=O)(c1ccc(O)cc1)c1c(-c2ccccc2)oc2ccc(Cl)cc12. The summed E-state index contributed by atoms with van der Waals surface area (Å²) in [5.74, 6) is 0.253. The zero-order chi connectivity index (χ0) is 18.3. The molecule has 6 heteroatoms. The highest BCUT2D eigenvalue weighted by Crippen LogP contribution is 2.40. The molecule has 4 rings (SSSR count). The summed E-state index contributed by atoms with van der Waals surface area (Å²) in [5, 5.41) is 10.3. The first-order chi connectivity index (χ1) is 12.5. The molecule has 0 unspecified atom stereocenters. The minimum atomic E-state index is -3.90. The third-order valence-corrected chi connectivity index (χ3v) is 6.13. The van der Waals surface area contributed by atoms with Crippen LogP contribution in [0.2, 0.25) is 5.02 Å². The van der Waals surface area contributed by atoms with E-state index in [2.05, 4.69) is 0 Å². The number of furan rings is 1. The van der Waals surface area contributed by atoms with Crippen molar-refractivity contribution in [1.82, 2.24) is 0 Å². The third kappa shape index (κ3) is 2.75. The fourth-order valence-electron chi connectivity index (χ4n) is 2.84. The molecule has 3 aromatic carbocycles. The van der Waals surface area contributed by atoms with Crippen LogP contribution in [0.3, 0.4) is 0 Å². The Hall–Kier alpha value is -2.76. The van der Waals surface area contributed by atoms with E-state index in [0.717, 1.165) is 0 Å². The number of aromatic hydroxyl groups is 1. The molecule has 1 N–H and O–H groups in total. The van der Waals surface area contributed by atoms with Crippen LogP contribution in [0.1, 0.15) is 0 Å². The van der Waals surface area contributed by atoms with Gasteiger partial charge in [0.05, 0.1) is 4.90 Å². The van der Waals surface area contributed by atoms with Crippen LogP contribution < -0.4 is 0 Å². The van der Waals surface area contributed by atoms with Gasteiger partial charge in [-0.1, -0.05) is 41.9 Å². The van der Waals surface area contributed by atoms with Crippen LogP contribution in [0.4, 0.5) is 0 Å². The Bertz CT molecular complexity index is 1190. The van der Waals surface area contributed by atoms with Crippen LogP contribution in [0.25, 0.3) is 22.3 Å². The number of rotatable bonds is 3. The van der Waals surface area contributed by atoms with Crippen LogP contribution in [0, 0.1) is 0 Å². The molecule has 0 amide bonds. The molecule has 4 nitrogen and oxygen atoms in total. The minimum Gasteiger partial charge on any atom is -0.508 e. The molecule has 0 aliphatic heterocycles. The molecule has 0 bridgehead atoms. The van der Waals surface area contributed by atoms with Crippen molar-refractivity contribution in [3.8, 4) is 17.1 Å². The van der Waals surface area contributed by atoms with Crippen molar-refractivity contribution in [2.45, 2.75) is 9.79 Å². The average molecular weight is 385 g/mol. The number of phenolic OH excluding ortho intramolecular Hbond substituents is 1. The van der Waals surface area contributed by atoms with E-state index in [0.29, 0.717) is 21.6 Å². The maximum atomic E-state index is 13.3. The predicted octanol–water partition coefficient (Wildman–Crippen LogP) is 5.29. The molecule has 0 saturated carbocycles. The highest BCUT2D eigenvalue weighted by molar-refractivity contribution is 7.91. The van der Waals surface area contributed by atoms with Crippen molar-refractivity contribution >= 4 is 32.4 Å². The molecule has 0 aliphatic rings. The first-order valence-electron chi connectivity index (χ1n) is 7.78. The average Bonchev–Trinajstić information content (AvgIpc) is 3.02. The molecular weight excluding hydrogens is 372 g/mol. The Morgan fingerprint density at radius 1 is 0.885 bits per heavy atom. The van der Waals surface area contributed by atoms with Gasteiger partial charge in [0.2, 0.25) is 9.84 Å². The first kappa shape index (κ1) is 16.7. The zero-order valence-electron chi connectivity index (χ0n) is 13.4. The molecule has 0 spiro atoms. The summed E-state index contributed by atoms with van der Waals surface area (Å²) < 4.78 is 32.6. The zero-order valence-corrected chi connectivity index (χ0v) is 15.0. The molecule has 130 valence electrons. The van der Waals surface area contributed by atoms with Crippen molar-refractivity contribution in [2.75, 3.05) is 0 Å². The van der Waals surface area contributed by atoms with Gasteiger partial charge in [-0.25, -0.2) is 8.42 Å². The number of hydrogen-bond donors (Lipinski definition) is 1. The summed E-state index contributed by atoms with van der Waals surface area (Å²) in [7, 11) is -3.90. The highest BCUT2D eigenvalue weighted by Gasteiger charge is 2.29. The normalized spacial score (nSPS) is 11.7. The Morgan fingerprint density at radius 2 is 1.58 bits per heavy atom. The monoisotopic (exact) mass is 384 g/mol. The van der Waals surface area contributed by atoms with E-state index in [1.54, 1.807) is 30.3 Å². The molecule has 0 atom stereocenters. The van der Waals surface area contributed by atoms with Gasteiger partial charge in [-0.15, -0.1) is 0 Å². The second-order valence-corrected chi connectivity index (χ2v) is 8.09. The number of halogens is 1. The van der Waals surface area contributed by atoms with Crippen LogP contribution in [-0.2, 0) is 9.84 Å². The number of hydrogen-bond acceptors (Lipinski definition) is 4. The Labute approximate surface area is 155 Å². The molecule has 4 aromatic rings. The maximum Gasteiger partial charge on any atom is 0.211 e. The molecule has 0 aliphatic carbocycles. The summed E-state index contributed by atoms with van der Waals surface area (Å²) in [4.78, 5) is 0.127. The number of fused-ring (bicyclic) bond motifs is 1. The van der Waals surface area contributed by atoms with Crippen molar-refractivity contribution in [1.29, 1.82) is 0 Å². The third-order valence-electron chi connectivity index (χ3n) is 4.06. The van der Waals surface area contributed by atoms with E-state index in [9.17, 15) is 13.5 Å². The maximum absolute atomic E-state index is 13.3. The van der Waals surface area contributed by atoms with Gasteiger partial charge in [0.25, 0.3) is 0 Å². The molecule has 0 fully saturated rings. The van der Waals surface area contributed by atoms with E-state index >= 15 is 0 Å². The van der Waals surface area contributed by atoms with Crippen molar-refractivity contribution < 1.29 is 17.9 Å². The van der Waals surface area contributed by atoms with Crippen molar-refractivity contribution in [3.63, 3.8) is 0 Å².